The Morgan fingerprint density at radius 2 is 1.81 bits per heavy atom. The molecule has 1 N–H and O–H groups in total. The summed E-state index contributed by atoms with van der Waals surface area (Å²) < 4.78 is 25.3. The molecule has 4 rings (SSSR count). The van der Waals surface area contributed by atoms with E-state index in [1.807, 2.05) is 18.2 Å². The van der Waals surface area contributed by atoms with E-state index < -0.39 is 17.3 Å². The van der Waals surface area contributed by atoms with E-state index in [0.29, 0.717) is 17.7 Å². The van der Waals surface area contributed by atoms with Crippen LogP contribution >= 0.6 is 0 Å². The second kappa shape index (κ2) is 11.9. The number of carbonyl (C=O) groups is 2. The fourth-order valence-electron chi connectivity index (χ4n) is 3.55. The van der Waals surface area contributed by atoms with Crippen molar-refractivity contribution < 1.29 is 58.1 Å². The Morgan fingerprint density at radius 1 is 1.06 bits per heavy atom. The summed E-state index contributed by atoms with van der Waals surface area (Å²) in [5, 5.41) is 10.7. The van der Waals surface area contributed by atoms with Crippen molar-refractivity contribution in [3.05, 3.63) is 99.3 Å². The van der Waals surface area contributed by atoms with Crippen molar-refractivity contribution in [1.29, 1.82) is 0 Å². The van der Waals surface area contributed by atoms with E-state index in [1.54, 1.807) is 13.2 Å². The minimum Gasteiger partial charge on any atom is -0.545 e. The van der Waals surface area contributed by atoms with E-state index in [-0.39, 0.29) is 76.4 Å². The van der Waals surface area contributed by atoms with E-state index in [0.717, 1.165) is 11.6 Å². The number of hydrogen-bond donors (Lipinski definition) is 1. The van der Waals surface area contributed by atoms with Crippen LogP contribution in [0.4, 0.5) is 4.39 Å². The number of ether oxygens (including phenoxy) is 2. The summed E-state index contributed by atoms with van der Waals surface area (Å²) in [5.41, 5.74) is 0.851. The number of aromatic carboxylic acids is 1. The third kappa shape index (κ3) is 6.17. The zero-order chi connectivity index (χ0) is 24.9. The van der Waals surface area contributed by atoms with Gasteiger partial charge in [0.2, 0.25) is 0 Å². The molecule has 0 bridgehead atoms. The van der Waals surface area contributed by atoms with Crippen LogP contribution in [0.15, 0.2) is 65.5 Å². The average Bonchev–Trinajstić information content (AvgIpc) is 2.87. The molecule has 4 aromatic rings. The van der Waals surface area contributed by atoms with Crippen molar-refractivity contribution in [3.8, 4) is 11.5 Å². The number of fused-ring (bicyclic) bond motifs is 1. The fourth-order valence-corrected chi connectivity index (χ4v) is 3.55. The molecule has 0 aliphatic carbocycles. The van der Waals surface area contributed by atoms with Crippen molar-refractivity contribution in [3.63, 3.8) is 0 Å². The van der Waals surface area contributed by atoms with E-state index in [9.17, 15) is 23.9 Å². The molecule has 0 aliphatic rings. The van der Waals surface area contributed by atoms with Gasteiger partial charge in [0, 0.05) is 6.42 Å². The summed E-state index contributed by atoms with van der Waals surface area (Å²) in [6.45, 7) is -0.121. The Balaban J connectivity index is 0.00000361. The number of H-pyrrole nitrogens is 1. The zero-order valence-corrected chi connectivity index (χ0v) is 21.7. The molecule has 0 saturated heterocycles. The maximum absolute atomic E-state index is 14.5. The van der Waals surface area contributed by atoms with Gasteiger partial charge in [-0.1, -0.05) is 36.4 Å². The van der Waals surface area contributed by atoms with E-state index in [2.05, 4.69) is 9.97 Å². The monoisotopic (exact) mass is 498 g/mol. The predicted molar refractivity (Wildman–Crippen MR) is 123 cm³/mol. The summed E-state index contributed by atoms with van der Waals surface area (Å²) >= 11 is 0. The van der Waals surface area contributed by atoms with Crippen LogP contribution in [0.5, 0.6) is 11.5 Å². The SMILES string of the molecule is COc1cccc(CCC(=O)c2nc3ccc(F)c(OCc4ccc(C(=O)[O-])cc4)c3c(=O)[nH]2)c1.[Na+]. The van der Waals surface area contributed by atoms with Gasteiger partial charge in [-0.05, 0) is 47.4 Å². The number of benzene rings is 3. The molecule has 0 spiro atoms. The molecule has 178 valence electrons. The summed E-state index contributed by atoms with van der Waals surface area (Å²) in [5.74, 6) is -2.21. The standard InChI is InChI=1S/C26H21FN2O6.Na/c1-34-18-4-2-3-15(13-18)7-12-21(30)24-28-20-11-10-19(27)23(22(20)25(31)29-24)35-14-16-5-8-17(9-6-16)26(32)33;/h2-6,8-11,13H,7,12,14H2,1H3,(H,32,33)(H,28,29,31);/q;+1/p-1. The quantitative estimate of drug-likeness (QED) is 0.251. The molecule has 0 saturated carbocycles. The van der Waals surface area contributed by atoms with Crippen LogP contribution in [0.3, 0.4) is 0 Å². The van der Waals surface area contributed by atoms with Gasteiger partial charge >= 0.3 is 29.6 Å². The Morgan fingerprint density at radius 3 is 2.50 bits per heavy atom. The number of carboxylic acids is 1. The molecule has 0 amide bonds. The summed E-state index contributed by atoms with van der Waals surface area (Å²) in [6.07, 6.45) is 0.528. The van der Waals surface area contributed by atoms with Crippen molar-refractivity contribution in [2.24, 2.45) is 0 Å². The molecule has 0 atom stereocenters. The van der Waals surface area contributed by atoms with Gasteiger partial charge in [0.1, 0.15) is 17.7 Å². The first-order valence-electron chi connectivity index (χ1n) is 10.7. The van der Waals surface area contributed by atoms with Crippen molar-refractivity contribution in [2.75, 3.05) is 7.11 Å². The van der Waals surface area contributed by atoms with Gasteiger partial charge in [-0.3, -0.25) is 9.59 Å². The van der Waals surface area contributed by atoms with Gasteiger partial charge in [0.05, 0.1) is 18.6 Å². The smallest absolute Gasteiger partial charge is 0.545 e. The number of carboxylic acid groups (broad SMARTS) is 1. The van der Waals surface area contributed by atoms with Crippen molar-refractivity contribution in [1.82, 2.24) is 9.97 Å². The number of nitrogens with zero attached hydrogens (tertiary/aromatic N) is 1. The van der Waals surface area contributed by atoms with Crippen LogP contribution < -0.4 is 49.7 Å². The topological polar surface area (TPSA) is 121 Å². The van der Waals surface area contributed by atoms with Crippen LogP contribution in [-0.4, -0.2) is 28.8 Å². The summed E-state index contributed by atoms with van der Waals surface area (Å²) in [7, 11) is 1.56. The second-order valence-electron chi connectivity index (χ2n) is 7.73. The van der Waals surface area contributed by atoms with Crippen LogP contribution in [-0.2, 0) is 13.0 Å². The summed E-state index contributed by atoms with van der Waals surface area (Å²) in [4.78, 5) is 43.0. The van der Waals surface area contributed by atoms with Crippen LogP contribution in [0, 0.1) is 5.82 Å². The maximum Gasteiger partial charge on any atom is 1.00 e. The maximum atomic E-state index is 14.5. The van der Waals surface area contributed by atoms with Crippen LogP contribution in [0.1, 0.15) is 38.5 Å². The number of Topliss-reactive ketones (excluding diaryl/α,β-unsaturated/α-hetero) is 1. The molecule has 36 heavy (non-hydrogen) atoms. The number of aryl methyl sites for hydroxylation is 1. The van der Waals surface area contributed by atoms with Gasteiger partial charge in [-0.25, -0.2) is 9.37 Å². The Labute approximate surface area is 227 Å². The first-order chi connectivity index (χ1) is 16.9. The number of ketones is 1. The number of aromatic nitrogens is 2. The number of carbonyl (C=O) groups excluding carboxylic acids is 2. The molecular weight excluding hydrogens is 478 g/mol. The Hall–Kier alpha value is -3.53. The van der Waals surface area contributed by atoms with Gasteiger partial charge in [0.15, 0.2) is 23.2 Å². The second-order valence-corrected chi connectivity index (χ2v) is 7.73. The molecule has 0 fully saturated rings. The fraction of sp³-hybridized carbons (Fsp3) is 0.154. The number of nitrogens with one attached hydrogen (secondary N) is 1. The first kappa shape index (κ1) is 27.1. The number of halogens is 1. The van der Waals surface area contributed by atoms with Gasteiger partial charge in [0.25, 0.3) is 5.56 Å². The average molecular weight is 498 g/mol. The van der Waals surface area contributed by atoms with Gasteiger partial charge in [-0.15, -0.1) is 0 Å². The molecular formula is C26H20FN2NaO6. The van der Waals surface area contributed by atoms with Crippen molar-refractivity contribution >= 4 is 22.7 Å². The van der Waals surface area contributed by atoms with Crippen LogP contribution in [0.2, 0.25) is 0 Å². The molecule has 0 radical (unpaired) electrons. The minimum absolute atomic E-state index is 0. The molecule has 0 aliphatic heterocycles. The number of rotatable bonds is 9. The van der Waals surface area contributed by atoms with Crippen molar-refractivity contribution in [2.45, 2.75) is 19.4 Å². The Bertz CT molecular complexity index is 1470. The largest absolute Gasteiger partial charge is 1.00 e. The van der Waals surface area contributed by atoms with E-state index >= 15 is 0 Å². The molecule has 1 aromatic heterocycles. The Kier molecular flexibility index (Phi) is 8.98. The normalized spacial score (nSPS) is 10.5. The third-order valence-electron chi connectivity index (χ3n) is 5.39. The van der Waals surface area contributed by atoms with Gasteiger partial charge in [-0.2, -0.15) is 0 Å². The number of hydrogen-bond acceptors (Lipinski definition) is 7. The minimum atomic E-state index is -1.32. The predicted octanol–water partition coefficient (Wildman–Crippen LogP) is -0.167. The van der Waals surface area contributed by atoms with E-state index in [1.165, 1.54) is 30.3 Å². The van der Waals surface area contributed by atoms with Gasteiger partial charge < -0.3 is 24.4 Å². The van der Waals surface area contributed by atoms with Crippen LogP contribution in [0.25, 0.3) is 10.9 Å². The van der Waals surface area contributed by atoms with E-state index in [4.69, 9.17) is 9.47 Å². The third-order valence-corrected chi connectivity index (χ3v) is 5.39. The number of methoxy groups -OCH3 is 1. The molecule has 8 nitrogen and oxygen atoms in total. The first-order valence-corrected chi connectivity index (χ1v) is 10.7. The molecule has 10 heteroatoms. The molecule has 1 heterocycles. The molecule has 3 aromatic carbocycles. The summed E-state index contributed by atoms with van der Waals surface area (Å²) in [6, 6.07) is 15.4. The number of aromatic amines is 1. The molecule has 0 unspecified atom stereocenters. The zero-order valence-electron chi connectivity index (χ0n) is 19.7.